The SMILES string of the molecule is CC(=O)/C=C(/C)O.[2H]C([2H])([2H])c1ccc2ccc(-c3[c-]c(C)cc(C)c3)nc2c1.[Ir]. The third kappa shape index (κ3) is 7.09. The van der Waals surface area contributed by atoms with Gasteiger partial charge in [-0.3, -0.25) is 9.78 Å². The largest absolute Gasteiger partial charge is 0.512 e. The number of fused-ring (bicyclic) bond motifs is 1. The van der Waals surface area contributed by atoms with E-state index in [1.165, 1.54) is 19.9 Å². The van der Waals surface area contributed by atoms with Crippen molar-refractivity contribution < 1.29 is 34.1 Å². The predicted octanol–water partition coefficient (Wildman–Crippen LogP) is 5.66. The van der Waals surface area contributed by atoms with Crippen LogP contribution in [0.2, 0.25) is 0 Å². The summed E-state index contributed by atoms with van der Waals surface area (Å²) in [7, 11) is 0. The molecule has 0 aliphatic heterocycles. The Morgan fingerprint density at radius 2 is 1.81 bits per heavy atom. The summed E-state index contributed by atoms with van der Waals surface area (Å²) in [6, 6.07) is 16.4. The minimum Gasteiger partial charge on any atom is -0.512 e. The Hall–Kier alpha value is -2.29. The predicted molar refractivity (Wildman–Crippen MR) is 107 cm³/mol. The van der Waals surface area contributed by atoms with E-state index in [-0.39, 0.29) is 31.6 Å². The van der Waals surface area contributed by atoms with Crippen LogP contribution in [0.25, 0.3) is 22.2 Å². The summed E-state index contributed by atoms with van der Waals surface area (Å²) in [5.41, 5.74) is 4.96. The third-order valence-electron chi connectivity index (χ3n) is 3.53. The number of carbonyl (C=O) groups is 1. The van der Waals surface area contributed by atoms with Gasteiger partial charge in [0.1, 0.15) is 0 Å². The summed E-state index contributed by atoms with van der Waals surface area (Å²) >= 11 is 0. The van der Waals surface area contributed by atoms with E-state index in [2.05, 4.69) is 17.1 Å². The maximum absolute atomic E-state index is 10.0. The van der Waals surface area contributed by atoms with Crippen LogP contribution in [0.3, 0.4) is 0 Å². The van der Waals surface area contributed by atoms with Gasteiger partial charge in [0.2, 0.25) is 0 Å². The fourth-order valence-corrected chi connectivity index (χ4v) is 2.59. The second-order valence-corrected chi connectivity index (χ2v) is 6.25. The van der Waals surface area contributed by atoms with E-state index < -0.39 is 6.85 Å². The summed E-state index contributed by atoms with van der Waals surface area (Å²) < 4.78 is 22.6. The minimum atomic E-state index is -2.11. The maximum atomic E-state index is 10.0. The molecule has 0 aliphatic carbocycles. The Bertz CT molecular complexity index is 1050. The van der Waals surface area contributed by atoms with Crippen LogP contribution < -0.4 is 0 Å². The van der Waals surface area contributed by atoms with Gasteiger partial charge in [-0.05, 0) is 43.4 Å². The van der Waals surface area contributed by atoms with Crippen molar-refractivity contribution in [1.82, 2.24) is 4.98 Å². The van der Waals surface area contributed by atoms with Gasteiger partial charge in [-0.25, -0.2) is 0 Å². The van der Waals surface area contributed by atoms with E-state index >= 15 is 0 Å². The molecule has 1 N–H and O–H groups in total. The van der Waals surface area contributed by atoms with Gasteiger partial charge in [-0.1, -0.05) is 38.1 Å². The fourth-order valence-electron chi connectivity index (χ4n) is 2.59. The maximum Gasteiger partial charge on any atom is 0.155 e. The molecule has 1 radical (unpaired) electrons. The molecule has 0 spiro atoms. The number of aromatic nitrogens is 1. The van der Waals surface area contributed by atoms with Crippen LogP contribution in [0.5, 0.6) is 0 Å². The zero-order chi connectivity index (χ0) is 21.8. The van der Waals surface area contributed by atoms with Crippen LogP contribution in [-0.2, 0) is 24.9 Å². The molecule has 0 amide bonds. The molecule has 3 aromatic rings. The zero-order valence-electron chi connectivity index (χ0n) is 18.8. The standard InChI is InChI=1S/C18H16N.C5H8O2.Ir/c1-12-4-5-15-6-7-17(19-18(15)11-12)16-9-13(2)8-14(3)10-16;1-4(6)3-5(2)7;/h4-9,11H,1-3H3;3,6H,1-2H3;/q-1;;/b;4-3-;/i1D3;;. The number of carbonyl (C=O) groups excluding carboxylic acids is 1. The number of nitrogens with zero attached hydrogens (tertiary/aromatic N) is 1. The van der Waals surface area contributed by atoms with Crippen molar-refractivity contribution >= 4 is 16.7 Å². The molecule has 4 heteroatoms. The van der Waals surface area contributed by atoms with Crippen LogP contribution in [0.4, 0.5) is 0 Å². The fraction of sp³-hybridized carbons (Fsp3) is 0.217. The van der Waals surface area contributed by atoms with E-state index in [1.807, 2.05) is 32.0 Å². The first-order valence-corrected chi connectivity index (χ1v) is 8.26. The summed E-state index contributed by atoms with van der Waals surface area (Å²) in [4.78, 5) is 14.6. The van der Waals surface area contributed by atoms with Gasteiger partial charge in [-0.15, -0.1) is 34.9 Å². The Labute approximate surface area is 178 Å². The molecule has 0 aliphatic rings. The topological polar surface area (TPSA) is 50.2 Å². The van der Waals surface area contributed by atoms with Gasteiger partial charge < -0.3 is 5.11 Å². The molecule has 143 valence electrons. The van der Waals surface area contributed by atoms with Gasteiger partial charge in [0.15, 0.2) is 5.78 Å². The molecule has 27 heavy (non-hydrogen) atoms. The second-order valence-electron chi connectivity index (χ2n) is 6.25. The first kappa shape index (κ1) is 18.1. The van der Waals surface area contributed by atoms with Gasteiger partial charge >= 0.3 is 0 Å². The number of aliphatic hydroxyl groups excluding tert-OH is 1. The van der Waals surface area contributed by atoms with Crippen molar-refractivity contribution in [2.75, 3.05) is 0 Å². The Balaban J connectivity index is 0.000000489. The van der Waals surface area contributed by atoms with E-state index in [1.54, 1.807) is 18.2 Å². The molecule has 3 rings (SSSR count). The number of pyridine rings is 1. The molecule has 0 unspecified atom stereocenters. The molecule has 1 heterocycles. The van der Waals surface area contributed by atoms with Crippen LogP contribution in [-0.4, -0.2) is 15.9 Å². The zero-order valence-corrected chi connectivity index (χ0v) is 18.1. The van der Waals surface area contributed by atoms with Crippen molar-refractivity contribution in [2.24, 2.45) is 0 Å². The monoisotopic (exact) mass is 542 g/mol. The number of aliphatic hydroxyl groups is 1. The van der Waals surface area contributed by atoms with Crippen LogP contribution >= 0.6 is 0 Å². The van der Waals surface area contributed by atoms with E-state index in [0.29, 0.717) is 11.1 Å². The number of allylic oxidation sites excluding steroid dienone is 2. The van der Waals surface area contributed by atoms with Crippen LogP contribution in [0, 0.1) is 26.8 Å². The molecule has 0 bridgehead atoms. The Kier molecular flexibility index (Phi) is 6.80. The minimum absolute atomic E-state index is 0. The molecule has 1 aromatic heterocycles. The van der Waals surface area contributed by atoms with Gasteiger partial charge in [0.05, 0.1) is 11.3 Å². The summed E-state index contributed by atoms with van der Waals surface area (Å²) in [6.45, 7) is 4.78. The number of aryl methyl sites for hydroxylation is 3. The van der Waals surface area contributed by atoms with Crippen molar-refractivity contribution in [2.45, 2.75) is 34.5 Å². The first-order chi connectivity index (χ1) is 13.5. The van der Waals surface area contributed by atoms with E-state index in [4.69, 9.17) is 9.22 Å². The van der Waals surface area contributed by atoms with Crippen molar-refractivity contribution in [1.29, 1.82) is 0 Å². The van der Waals surface area contributed by atoms with Crippen LogP contribution in [0.15, 0.2) is 54.3 Å². The molecule has 0 atom stereocenters. The quantitative estimate of drug-likeness (QED) is 0.259. The number of rotatable bonds is 2. The molecule has 2 aromatic carbocycles. The normalized spacial score (nSPS) is 12.7. The molecular weight excluding hydrogens is 514 g/mol. The van der Waals surface area contributed by atoms with Crippen LogP contribution in [0.1, 0.15) is 34.7 Å². The molecule has 3 nitrogen and oxygen atoms in total. The first-order valence-electron chi connectivity index (χ1n) is 9.76. The number of hydrogen-bond donors (Lipinski definition) is 1. The van der Waals surface area contributed by atoms with Gasteiger partial charge in [0, 0.05) is 30.3 Å². The van der Waals surface area contributed by atoms with E-state index in [9.17, 15) is 4.79 Å². The average molecular weight is 542 g/mol. The molecule has 0 fully saturated rings. The number of hydrogen-bond acceptors (Lipinski definition) is 3. The average Bonchev–Trinajstić information content (AvgIpc) is 2.58. The summed E-state index contributed by atoms with van der Waals surface area (Å²) in [5.74, 6) is -0.0625. The Morgan fingerprint density at radius 1 is 1.11 bits per heavy atom. The van der Waals surface area contributed by atoms with Crippen molar-refractivity contribution in [3.05, 3.63) is 77.1 Å². The number of benzene rings is 2. The summed E-state index contributed by atoms with van der Waals surface area (Å²) in [5, 5.41) is 9.29. The van der Waals surface area contributed by atoms with Gasteiger partial charge in [0.25, 0.3) is 0 Å². The molecule has 0 saturated carbocycles. The van der Waals surface area contributed by atoms with Crippen molar-refractivity contribution in [3.8, 4) is 11.3 Å². The molecule has 0 saturated heterocycles. The smallest absolute Gasteiger partial charge is 0.155 e. The third-order valence-corrected chi connectivity index (χ3v) is 3.53. The molecular formula is C23H24IrNO2-. The van der Waals surface area contributed by atoms with Gasteiger partial charge in [-0.2, -0.15) is 0 Å². The number of ketones is 1. The summed E-state index contributed by atoms with van der Waals surface area (Å²) in [6.07, 6.45) is 1.17. The van der Waals surface area contributed by atoms with E-state index in [0.717, 1.165) is 27.8 Å². The Morgan fingerprint density at radius 3 is 2.37 bits per heavy atom. The second kappa shape index (κ2) is 10.1. The van der Waals surface area contributed by atoms with Crippen molar-refractivity contribution in [3.63, 3.8) is 0 Å².